The monoisotopic (exact) mass is 459 g/mol. The van der Waals surface area contributed by atoms with Crippen molar-refractivity contribution in [2.45, 2.75) is 46.1 Å². The molecule has 0 amide bonds. The van der Waals surface area contributed by atoms with Gasteiger partial charge in [-0.05, 0) is 43.6 Å². The molecule has 2 unspecified atom stereocenters. The van der Waals surface area contributed by atoms with Crippen molar-refractivity contribution in [2.75, 3.05) is 39.5 Å². The van der Waals surface area contributed by atoms with Crippen LogP contribution in [-0.4, -0.2) is 56.9 Å². The summed E-state index contributed by atoms with van der Waals surface area (Å²) in [6.07, 6.45) is 1.43. The normalized spacial score (nSPS) is 22.4. The van der Waals surface area contributed by atoms with Gasteiger partial charge in [-0.15, -0.1) is 13.2 Å². The van der Waals surface area contributed by atoms with Gasteiger partial charge in [-0.1, -0.05) is 32.1 Å². The summed E-state index contributed by atoms with van der Waals surface area (Å²) in [5.74, 6) is -0.260. The minimum Gasteiger partial charge on any atom is -0.489 e. The lowest BCUT2D eigenvalue weighted by atomic mass is 9.82. The van der Waals surface area contributed by atoms with Gasteiger partial charge in [-0.2, -0.15) is 0 Å². The summed E-state index contributed by atoms with van der Waals surface area (Å²) >= 11 is 0. The molecule has 0 saturated carbocycles. The molecule has 0 aromatic heterocycles. The van der Waals surface area contributed by atoms with Gasteiger partial charge in [0.25, 0.3) is 0 Å². The minimum absolute atomic E-state index is 0.190. The molecule has 1 fully saturated rings. The van der Waals surface area contributed by atoms with Gasteiger partial charge in [0.15, 0.2) is 0 Å². The molecule has 2 atom stereocenters. The second kappa shape index (κ2) is 12.3. The highest BCUT2D eigenvalue weighted by atomic mass is 19.4. The van der Waals surface area contributed by atoms with E-state index in [0.29, 0.717) is 31.8 Å². The Kier molecular flexibility index (Phi) is 10.0. The number of rotatable bonds is 9. The molecule has 2 heterocycles. The van der Waals surface area contributed by atoms with Gasteiger partial charge < -0.3 is 14.2 Å². The second-order valence-electron chi connectivity index (χ2n) is 7.87. The number of hydrogen-bond donors (Lipinski definition) is 0. The SMILES string of the molecule is C=C1OCC(CN2CCOCC2)=C(C(C=CC(C)F)CCC)C1=CC(=CC)OC(F)(F)F. The number of nitrogens with zero attached hydrogens (tertiary/aromatic N) is 1. The number of allylic oxidation sites excluding steroid dienone is 5. The summed E-state index contributed by atoms with van der Waals surface area (Å²) in [4.78, 5) is 2.22. The number of alkyl halides is 4. The number of morpholine rings is 1. The Morgan fingerprint density at radius 2 is 1.94 bits per heavy atom. The quantitative estimate of drug-likeness (QED) is 0.246. The van der Waals surface area contributed by atoms with Crippen LogP contribution in [0, 0.1) is 5.92 Å². The maximum Gasteiger partial charge on any atom is 0.573 e. The van der Waals surface area contributed by atoms with E-state index in [2.05, 4.69) is 16.2 Å². The average molecular weight is 460 g/mol. The molecule has 2 aliphatic heterocycles. The van der Waals surface area contributed by atoms with E-state index in [1.165, 1.54) is 32.1 Å². The first-order valence-corrected chi connectivity index (χ1v) is 10.9. The van der Waals surface area contributed by atoms with E-state index in [4.69, 9.17) is 9.47 Å². The van der Waals surface area contributed by atoms with E-state index in [1.54, 1.807) is 6.08 Å². The number of ether oxygens (including phenoxy) is 3. The molecule has 0 aliphatic carbocycles. The van der Waals surface area contributed by atoms with Crippen molar-refractivity contribution >= 4 is 0 Å². The summed E-state index contributed by atoms with van der Waals surface area (Å²) in [7, 11) is 0. The zero-order valence-corrected chi connectivity index (χ0v) is 19.0. The first-order valence-electron chi connectivity index (χ1n) is 10.9. The van der Waals surface area contributed by atoms with E-state index in [-0.39, 0.29) is 24.0 Å². The molecule has 32 heavy (non-hydrogen) atoms. The van der Waals surface area contributed by atoms with Crippen LogP contribution in [0.5, 0.6) is 0 Å². The highest BCUT2D eigenvalue weighted by molar-refractivity contribution is 5.53. The number of hydrogen-bond acceptors (Lipinski definition) is 4. The Balaban J connectivity index is 2.56. The maximum atomic E-state index is 13.6. The highest BCUT2D eigenvalue weighted by Gasteiger charge is 2.33. The van der Waals surface area contributed by atoms with Crippen molar-refractivity contribution in [3.8, 4) is 0 Å². The Labute approximate surface area is 187 Å². The molecule has 1 saturated heterocycles. The molecule has 2 rings (SSSR count). The molecule has 4 nitrogen and oxygen atoms in total. The van der Waals surface area contributed by atoms with E-state index in [1.807, 2.05) is 6.92 Å². The molecule has 2 aliphatic rings. The van der Waals surface area contributed by atoms with E-state index in [0.717, 1.165) is 30.7 Å². The van der Waals surface area contributed by atoms with Crippen LogP contribution < -0.4 is 0 Å². The topological polar surface area (TPSA) is 30.9 Å². The Bertz CT molecular complexity index is 760. The highest BCUT2D eigenvalue weighted by Crippen LogP contribution is 2.38. The van der Waals surface area contributed by atoms with E-state index in [9.17, 15) is 17.6 Å². The van der Waals surface area contributed by atoms with Gasteiger partial charge in [0.1, 0.15) is 24.3 Å². The molecular weight excluding hydrogens is 426 g/mol. The maximum absolute atomic E-state index is 13.6. The lowest BCUT2D eigenvalue weighted by Gasteiger charge is -2.34. The molecule has 0 aromatic rings. The summed E-state index contributed by atoms with van der Waals surface area (Å²) in [5.41, 5.74) is 2.23. The van der Waals surface area contributed by atoms with Crippen LogP contribution in [-0.2, 0) is 14.2 Å². The molecular formula is C24H33F4NO3. The fourth-order valence-electron chi connectivity index (χ4n) is 3.83. The molecule has 0 bridgehead atoms. The lowest BCUT2D eigenvalue weighted by Crippen LogP contribution is -2.39. The van der Waals surface area contributed by atoms with Crippen LogP contribution in [0.3, 0.4) is 0 Å². The number of halogens is 4. The lowest BCUT2D eigenvalue weighted by molar-refractivity contribution is -0.303. The zero-order valence-electron chi connectivity index (χ0n) is 19.0. The fraction of sp³-hybridized carbons (Fsp3) is 0.583. The standard InChI is InChI=1S/C24H33F4NO3/c1-5-7-19(9-8-17(3)25)23-20(15-29-10-12-30-13-11-29)16-31-18(4)22(23)14-21(6-2)32-24(26,27)28/h6,8-9,14,17,19H,4-5,7,10-13,15-16H2,1-3H3. The van der Waals surface area contributed by atoms with Crippen LogP contribution in [0.15, 0.2) is 59.1 Å². The third-order valence-corrected chi connectivity index (χ3v) is 5.29. The largest absolute Gasteiger partial charge is 0.573 e. The third kappa shape index (κ3) is 8.13. The molecule has 180 valence electrons. The summed E-state index contributed by atoms with van der Waals surface area (Å²) in [6, 6.07) is 0. The zero-order chi connectivity index (χ0) is 23.7. The van der Waals surface area contributed by atoms with Crippen molar-refractivity contribution in [3.05, 3.63) is 59.1 Å². The molecule has 8 heteroatoms. The molecule has 0 N–H and O–H groups in total. The third-order valence-electron chi connectivity index (χ3n) is 5.29. The second-order valence-corrected chi connectivity index (χ2v) is 7.87. The van der Waals surface area contributed by atoms with Crippen molar-refractivity contribution in [2.24, 2.45) is 5.92 Å². The predicted octanol–water partition coefficient (Wildman–Crippen LogP) is 5.86. The van der Waals surface area contributed by atoms with Crippen LogP contribution >= 0.6 is 0 Å². The molecule has 0 aromatic carbocycles. The summed E-state index contributed by atoms with van der Waals surface area (Å²) in [6.45, 7) is 12.5. The van der Waals surface area contributed by atoms with Gasteiger partial charge in [0.05, 0.1) is 13.2 Å². The molecule has 0 spiro atoms. The van der Waals surface area contributed by atoms with Gasteiger partial charge >= 0.3 is 6.36 Å². The Hall–Kier alpha value is -2.06. The van der Waals surface area contributed by atoms with Crippen molar-refractivity contribution in [1.82, 2.24) is 4.90 Å². The van der Waals surface area contributed by atoms with E-state index < -0.39 is 12.5 Å². The Morgan fingerprint density at radius 1 is 1.25 bits per heavy atom. The smallest absolute Gasteiger partial charge is 0.489 e. The van der Waals surface area contributed by atoms with Gasteiger partial charge in [-0.25, -0.2) is 4.39 Å². The Morgan fingerprint density at radius 3 is 2.50 bits per heavy atom. The average Bonchev–Trinajstić information content (AvgIpc) is 2.73. The summed E-state index contributed by atoms with van der Waals surface area (Å²) < 4.78 is 67.6. The first-order chi connectivity index (χ1) is 15.1. The van der Waals surface area contributed by atoms with Crippen molar-refractivity contribution in [3.63, 3.8) is 0 Å². The van der Waals surface area contributed by atoms with Crippen LogP contribution in [0.2, 0.25) is 0 Å². The minimum atomic E-state index is -4.82. The van der Waals surface area contributed by atoms with Crippen molar-refractivity contribution < 1.29 is 31.8 Å². The fourth-order valence-corrected chi connectivity index (χ4v) is 3.83. The van der Waals surface area contributed by atoms with E-state index >= 15 is 0 Å². The van der Waals surface area contributed by atoms with Crippen LogP contribution in [0.25, 0.3) is 0 Å². The van der Waals surface area contributed by atoms with Crippen LogP contribution in [0.4, 0.5) is 17.6 Å². The predicted molar refractivity (Wildman–Crippen MR) is 116 cm³/mol. The summed E-state index contributed by atoms with van der Waals surface area (Å²) in [5, 5.41) is 0. The molecule has 0 radical (unpaired) electrons. The van der Waals surface area contributed by atoms with Gasteiger partial charge in [-0.3, -0.25) is 4.90 Å². The van der Waals surface area contributed by atoms with Gasteiger partial charge in [0, 0.05) is 31.1 Å². The van der Waals surface area contributed by atoms with Crippen LogP contribution in [0.1, 0.15) is 33.6 Å². The first kappa shape index (κ1) is 26.2. The van der Waals surface area contributed by atoms with Crippen molar-refractivity contribution in [1.29, 1.82) is 0 Å². The van der Waals surface area contributed by atoms with Gasteiger partial charge in [0.2, 0.25) is 0 Å².